The minimum atomic E-state index is -1.94. The van der Waals surface area contributed by atoms with E-state index in [1.54, 1.807) is 35.8 Å². The van der Waals surface area contributed by atoms with Gasteiger partial charge in [0.25, 0.3) is 5.56 Å². The minimum absolute atomic E-state index is 0.0413. The zero-order valence-corrected chi connectivity index (χ0v) is 30.5. The Morgan fingerprint density at radius 1 is 0.981 bits per heavy atom. The van der Waals surface area contributed by atoms with Gasteiger partial charge in [-0.1, -0.05) is 13.8 Å². The Balaban J connectivity index is 1.18. The molecule has 0 bridgehead atoms. The van der Waals surface area contributed by atoms with Crippen molar-refractivity contribution in [2.45, 2.75) is 58.5 Å². The Morgan fingerprint density at radius 3 is 2.46 bits per heavy atom. The van der Waals surface area contributed by atoms with Gasteiger partial charge in [-0.15, -0.1) is 0 Å². The highest BCUT2D eigenvalue weighted by Crippen LogP contribution is 2.42. The van der Waals surface area contributed by atoms with Crippen LogP contribution < -0.4 is 10.9 Å². The predicted octanol–water partition coefficient (Wildman–Crippen LogP) is 1.57. The fourth-order valence-electron chi connectivity index (χ4n) is 6.49. The molecule has 2 aromatic heterocycles. The summed E-state index contributed by atoms with van der Waals surface area (Å²) in [4.78, 5) is 68.2. The fraction of sp³-hybridized carbons (Fsp3) is 0.514. The molecular weight excluding hydrogens is 710 g/mol. The van der Waals surface area contributed by atoms with Crippen molar-refractivity contribution in [3.05, 3.63) is 56.9 Å². The number of rotatable bonds is 21. The van der Waals surface area contributed by atoms with Gasteiger partial charge in [-0.05, 0) is 49.6 Å². The molecule has 2 aliphatic heterocycles. The number of nitrogens with zero attached hydrogens (tertiary/aromatic N) is 2. The molecule has 0 radical (unpaired) electrons. The summed E-state index contributed by atoms with van der Waals surface area (Å²) in [6.07, 6.45) is 0.138. The fourth-order valence-corrected chi connectivity index (χ4v) is 6.49. The molecule has 0 fully saturated rings. The Kier molecular flexibility index (Phi) is 13.7. The maximum atomic E-state index is 13.9. The van der Waals surface area contributed by atoms with Gasteiger partial charge in [0.15, 0.2) is 0 Å². The van der Waals surface area contributed by atoms with Crippen LogP contribution in [-0.4, -0.2) is 116 Å². The van der Waals surface area contributed by atoms with Gasteiger partial charge < -0.3 is 53.3 Å². The number of pyridine rings is 2. The summed E-state index contributed by atoms with van der Waals surface area (Å²) in [6, 6.07) is 6.56. The molecule has 1 amide bonds. The second-order valence-electron chi connectivity index (χ2n) is 12.5. The number of fused-ring (bicyclic) bond motifs is 5. The number of aryl methyl sites for hydroxylation is 1. The Labute approximate surface area is 310 Å². The Morgan fingerprint density at radius 2 is 1.72 bits per heavy atom. The molecule has 17 nitrogen and oxygen atoms in total. The molecule has 4 heterocycles. The molecule has 3 aromatic rings. The van der Waals surface area contributed by atoms with Crippen LogP contribution in [0.15, 0.2) is 29.1 Å². The summed E-state index contributed by atoms with van der Waals surface area (Å²) < 4.78 is 39.6. The maximum Gasteiger partial charge on any atom is 0.355 e. The molecule has 2 atom stereocenters. The van der Waals surface area contributed by atoms with Gasteiger partial charge in [0.05, 0.1) is 68.7 Å². The summed E-state index contributed by atoms with van der Waals surface area (Å²) in [6.45, 7) is 5.30. The van der Waals surface area contributed by atoms with Gasteiger partial charge in [0.2, 0.25) is 11.5 Å². The van der Waals surface area contributed by atoms with Crippen LogP contribution in [0.4, 0.5) is 0 Å². The number of aromatic nitrogens is 2. The van der Waals surface area contributed by atoms with Gasteiger partial charge in [-0.2, -0.15) is 0 Å². The van der Waals surface area contributed by atoms with Crippen molar-refractivity contribution in [1.82, 2.24) is 14.9 Å². The average molecular weight is 756 g/mol. The van der Waals surface area contributed by atoms with E-state index >= 15 is 0 Å². The molecule has 0 saturated carbocycles. The molecule has 0 spiro atoms. The first kappa shape index (κ1) is 40.2. The standard InChI is InChI=1S/C37H45N3O14/c1-4-24-25-13-22(41)7-8-29(25)39-34-26(24)16-40-30(34)14-28-27(35(40)46)19-53-36(47)37(28,5-2)54-33(45)15-38-31(42)20-50-11-12-52-23(17-48-6-3)18-49-9-10-51-21-32(43)44/h7-8,13-14,23,41H,4-6,9-12,15-21H2,1-3H3,(H,38,42)(H,43,44)/t23?,37-/m0/s1. The number of carbonyl (C=O) groups is 4. The van der Waals surface area contributed by atoms with E-state index in [1.165, 1.54) is 0 Å². The topological polar surface area (TPSA) is 220 Å². The second-order valence-corrected chi connectivity index (χ2v) is 12.5. The summed E-state index contributed by atoms with van der Waals surface area (Å²) in [5, 5.41) is 21.9. The Bertz CT molecular complexity index is 1930. The number of phenolic OH excluding ortho intramolecular Hbond substituents is 1. The molecular formula is C37H45N3O14. The van der Waals surface area contributed by atoms with Crippen LogP contribution in [0.5, 0.6) is 5.75 Å². The number of carboxylic acid groups (broad SMARTS) is 1. The summed E-state index contributed by atoms with van der Waals surface area (Å²) in [5.41, 5.74) is 1.49. The average Bonchev–Trinajstić information content (AvgIpc) is 3.52. The van der Waals surface area contributed by atoms with Crippen LogP contribution in [0.2, 0.25) is 0 Å². The number of hydrogen-bond acceptors (Lipinski definition) is 14. The summed E-state index contributed by atoms with van der Waals surface area (Å²) in [5.74, 6) is -3.35. The normalized spacial score (nSPS) is 16.3. The Hall–Kier alpha value is -4.94. The van der Waals surface area contributed by atoms with E-state index in [2.05, 4.69) is 5.32 Å². The predicted molar refractivity (Wildman–Crippen MR) is 189 cm³/mol. The van der Waals surface area contributed by atoms with Crippen LogP contribution in [0.3, 0.4) is 0 Å². The highest BCUT2D eigenvalue weighted by atomic mass is 16.6. The van der Waals surface area contributed by atoms with E-state index in [-0.39, 0.29) is 76.1 Å². The number of esters is 2. The van der Waals surface area contributed by atoms with Crippen LogP contribution in [0.25, 0.3) is 22.3 Å². The number of nitrogens with one attached hydrogen (secondary N) is 1. The lowest BCUT2D eigenvalue weighted by molar-refractivity contribution is -0.189. The third kappa shape index (κ3) is 9.05. The largest absolute Gasteiger partial charge is 0.508 e. The first-order valence-corrected chi connectivity index (χ1v) is 17.7. The van der Waals surface area contributed by atoms with Gasteiger partial charge in [-0.3, -0.25) is 14.4 Å². The number of aliphatic carboxylic acids is 1. The molecule has 2 aliphatic rings. The maximum absolute atomic E-state index is 13.9. The first-order chi connectivity index (χ1) is 26.0. The molecule has 5 rings (SSSR count). The van der Waals surface area contributed by atoms with E-state index in [4.69, 9.17) is 43.2 Å². The number of carboxylic acids is 1. The van der Waals surface area contributed by atoms with Crippen LogP contribution in [0.1, 0.15) is 49.4 Å². The van der Waals surface area contributed by atoms with Gasteiger partial charge in [0, 0.05) is 23.1 Å². The third-order valence-electron chi connectivity index (χ3n) is 9.05. The molecule has 1 aromatic carbocycles. The van der Waals surface area contributed by atoms with E-state index in [0.29, 0.717) is 29.9 Å². The number of ether oxygens (including phenoxy) is 7. The van der Waals surface area contributed by atoms with E-state index in [1.807, 2.05) is 13.8 Å². The second kappa shape index (κ2) is 18.4. The van der Waals surface area contributed by atoms with E-state index in [0.717, 1.165) is 16.5 Å². The number of carbonyl (C=O) groups excluding carboxylic acids is 3. The van der Waals surface area contributed by atoms with E-state index < -0.39 is 60.8 Å². The molecule has 292 valence electrons. The van der Waals surface area contributed by atoms with Crippen LogP contribution >= 0.6 is 0 Å². The lowest BCUT2D eigenvalue weighted by atomic mass is 9.85. The van der Waals surface area contributed by atoms with Crippen molar-refractivity contribution in [3.8, 4) is 17.1 Å². The zero-order valence-electron chi connectivity index (χ0n) is 30.5. The van der Waals surface area contributed by atoms with Crippen LogP contribution in [-0.2, 0) is 77.5 Å². The van der Waals surface area contributed by atoms with Gasteiger partial charge in [0.1, 0.15) is 38.2 Å². The van der Waals surface area contributed by atoms with Crippen molar-refractivity contribution in [2.75, 3.05) is 66.0 Å². The summed E-state index contributed by atoms with van der Waals surface area (Å²) >= 11 is 0. The highest BCUT2D eigenvalue weighted by molar-refractivity contribution is 5.91. The molecule has 54 heavy (non-hydrogen) atoms. The van der Waals surface area contributed by atoms with Crippen molar-refractivity contribution in [1.29, 1.82) is 0 Å². The highest BCUT2D eigenvalue weighted by Gasteiger charge is 2.50. The number of benzene rings is 1. The van der Waals surface area contributed by atoms with Gasteiger partial charge in [-0.25, -0.2) is 14.6 Å². The van der Waals surface area contributed by atoms with Crippen LogP contribution in [0, 0.1) is 0 Å². The van der Waals surface area contributed by atoms with Crippen molar-refractivity contribution in [2.24, 2.45) is 0 Å². The monoisotopic (exact) mass is 755 g/mol. The van der Waals surface area contributed by atoms with Gasteiger partial charge >= 0.3 is 17.9 Å². The number of cyclic esters (lactones) is 1. The number of amides is 1. The number of aromatic hydroxyl groups is 1. The molecule has 17 heteroatoms. The summed E-state index contributed by atoms with van der Waals surface area (Å²) in [7, 11) is 0. The molecule has 3 N–H and O–H groups in total. The number of phenols is 1. The quantitative estimate of drug-likeness (QED) is 0.0812. The third-order valence-corrected chi connectivity index (χ3v) is 9.05. The lowest BCUT2D eigenvalue weighted by Crippen LogP contribution is -2.48. The minimum Gasteiger partial charge on any atom is -0.508 e. The molecule has 0 aliphatic carbocycles. The van der Waals surface area contributed by atoms with Crippen molar-refractivity contribution in [3.63, 3.8) is 0 Å². The molecule has 1 unspecified atom stereocenters. The molecule has 0 saturated heterocycles. The lowest BCUT2D eigenvalue weighted by Gasteiger charge is -2.35. The van der Waals surface area contributed by atoms with E-state index in [9.17, 15) is 29.1 Å². The van der Waals surface area contributed by atoms with Crippen molar-refractivity contribution >= 4 is 34.7 Å². The zero-order chi connectivity index (χ0) is 38.8. The smallest absolute Gasteiger partial charge is 0.355 e. The number of hydrogen-bond donors (Lipinski definition) is 3. The van der Waals surface area contributed by atoms with Crippen molar-refractivity contribution < 1.29 is 62.5 Å². The first-order valence-electron chi connectivity index (χ1n) is 17.7. The SMILES string of the molecule is CCOCC(COCCOCC(=O)O)OCCOCC(=O)NCC(=O)O[C@]1(CC)C(=O)OCc2c1cc1n(c2=O)Cc2c-1nc1ccc(O)cc1c2CC.